The number of halogens is 4. The van der Waals surface area contributed by atoms with E-state index in [0.29, 0.717) is 30.0 Å². The van der Waals surface area contributed by atoms with Crippen molar-refractivity contribution < 1.29 is 36.9 Å². The van der Waals surface area contributed by atoms with E-state index in [9.17, 15) is 18.7 Å². The molecule has 5 aromatic rings. The molecule has 6 rings (SSSR count). The van der Waals surface area contributed by atoms with Crippen LogP contribution in [0.3, 0.4) is 0 Å². The number of aromatic nitrogens is 4. The summed E-state index contributed by atoms with van der Waals surface area (Å²) in [5.41, 5.74) is 0.303. The van der Waals surface area contributed by atoms with Gasteiger partial charge in [0.15, 0.2) is 0 Å². The molecule has 1 atom stereocenters. The zero-order valence-electron chi connectivity index (χ0n) is 22.7. The van der Waals surface area contributed by atoms with Crippen molar-refractivity contribution in [1.82, 2.24) is 19.5 Å². The second-order valence-corrected chi connectivity index (χ2v) is 10.1. The summed E-state index contributed by atoms with van der Waals surface area (Å²) < 4.78 is 71.6. The maximum atomic E-state index is 15.4. The van der Waals surface area contributed by atoms with Crippen LogP contribution in [-0.2, 0) is 24.3 Å². The molecule has 1 saturated heterocycles. The molecule has 3 heterocycles. The number of nitrogens with zero attached hydrogens (tertiary/aromatic N) is 5. The van der Waals surface area contributed by atoms with Gasteiger partial charge in [0, 0.05) is 30.4 Å². The average Bonchev–Trinajstić information content (AvgIpc) is 3.32. The molecule has 0 bridgehead atoms. The van der Waals surface area contributed by atoms with Gasteiger partial charge in [0.25, 0.3) is 0 Å². The molecule has 2 aromatic heterocycles. The monoisotopic (exact) mass is 603 g/mol. The number of fused-ring (bicyclic) bond motifs is 1. The molecule has 0 amide bonds. The number of nitriles is 1. The van der Waals surface area contributed by atoms with Crippen LogP contribution in [0.4, 0.5) is 17.6 Å². The molecule has 1 aliphatic rings. The minimum atomic E-state index is -1.10. The highest BCUT2D eigenvalue weighted by Gasteiger charge is 2.24. The van der Waals surface area contributed by atoms with Crippen LogP contribution in [0, 0.1) is 34.6 Å². The van der Waals surface area contributed by atoms with Crippen molar-refractivity contribution in [3.8, 4) is 23.3 Å². The fourth-order valence-electron chi connectivity index (χ4n) is 4.85. The minimum absolute atomic E-state index is 0.0136. The normalized spacial score (nSPS) is 14.3. The Morgan fingerprint density at radius 3 is 2.52 bits per heavy atom. The van der Waals surface area contributed by atoms with Gasteiger partial charge in [0.2, 0.25) is 0 Å². The zero-order chi connectivity index (χ0) is 31.0. The predicted octanol–water partition coefficient (Wildman–Crippen LogP) is 5.58. The van der Waals surface area contributed by atoms with E-state index in [4.69, 9.17) is 14.7 Å². The molecule has 1 N–H and O–H groups in total. The summed E-state index contributed by atoms with van der Waals surface area (Å²) in [6, 6.07) is 10.7. The third kappa shape index (κ3) is 5.67. The summed E-state index contributed by atoms with van der Waals surface area (Å²) >= 11 is 0. The van der Waals surface area contributed by atoms with E-state index in [1.807, 2.05) is 0 Å². The van der Waals surface area contributed by atoms with Gasteiger partial charge in [-0.05, 0) is 60.5 Å². The molecule has 1 fully saturated rings. The van der Waals surface area contributed by atoms with E-state index in [2.05, 4.69) is 15.0 Å². The second kappa shape index (κ2) is 11.7. The maximum absolute atomic E-state index is 15.4. The predicted molar refractivity (Wildman–Crippen MR) is 147 cm³/mol. The SMILES string of the molecule is N#Cc1cc(F)c(COc2nccc(-c3cc(F)c(Cc4nc5ccc(C(=O)O)cc5n4C[C@@H]4CCO4)cc3F)n2)cc1F. The Morgan fingerprint density at radius 1 is 1.02 bits per heavy atom. The number of carboxylic acids is 1. The summed E-state index contributed by atoms with van der Waals surface area (Å²) in [6.07, 6.45) is 1.86. The molecule has 0 unspecified atom stereocenters. The lowest BCUT2D eigenvalue weighted by atomic mass is 10.0. The van der Waals surface area contributed by atoms with E-state index < -0.39 is 41.4 Å². The van der Waals surface area contributed by atoms with Crippen molar-refractivity contribution in [2.45, 2.75) is 32.1 Å². The maximum Gasteiger partial charge on any atom is 0.335 e. The highest BCUT2D eigenvalue weighted by Crippen LogP contribution is 2.29. The van der Waals surface area contributed by atoms with Crippen LogP contribution in [0.2, 0.25) is 0 Å². The minimum Gasteiger partial charge on any atom is -0.478 e. The van der Waals surface area contributed by atoms with Crippen LogP contribution < -0.4 is 4.74 Å². The van der Waals surface area contributed by atoms with E-state index >= 15 is 8.78 Å². The lowest BCUT2D eigenvalue weighted by Crippen LogP contribution is -2.31. The van der Waals surface area contributed by atoms with Crippen LogP contribution in [0.15, 0.2) is 54.7 Å². The Bertz CT molecular complexity index is 1970. The van der Waals surface area contributed by atoms with Crippen LogP contribution in [0.25, 0.3) is 22.3 Å². The van der Waals surface area contributed by atoms with Crippen molar-refractivity contribution in [3.05, 3.63) is 106 Å². The van der Waals surface area contributed by atoms with Gasteiger partial charge in [0.1, 0.15) is 41.8 Å². The highest BCUT2D eigenvalue weighted by atomic mass is 19.1. The molecule has 0 aliphatic carbocycles. The van der Waals surface area contributed by atoms with E-state index in [1.54, 1.807) is 16.7 Å². The van der Waals surface area contributed by atoms with Crippen LogP contribution in [-0.4, -0.2) is 43.3 Å². The van der Waals surface area contributed by atoms with Crippen LogP contribution in [0.5, 0.6) is 6.01 Å². The Morgan fingerprint density at radius 2 is 1.80 bits per heavy atom. The fourth-order valence-corrected chi connectivity index (χ4v) is 4.85. The molecule has 222 valence electrons. The first-order valence-corrected chi connectivity index (χ1v) is 13.4. The quantitative estimate of drug-likeness (QED) is 0.217. The molecular formula is C31H21F4N5O4. The number of ether oxygens (including phenoxy) is 2. The van der Waals surface area contributed by atoms with Crippen molar-refractivity contribution >= 4 is 17.0 Å². The molecule has 0 saturated carbocycles. The molecule has 1 aliphatic heterocycles. The smallest absolute Gasteiger partial charge is 0.335 e. The molecule has 44 heavy (non-hydrogen) atoms. The number of carboxylic acid groups (broad SMARTS) is 1. The molecule has 9 nitrogen and oxygen atoms in total. The second-order valence-electron chi connectivity index (χ2n) is 10.1. The summed E-state index contributed by atoms with van der Waals surface area (Å²) in [5, 5.41) is 18.3. The van der Waals surface area contributed by atoms with Gasteiger partial charge in [-0.1, -0.05) is 0 Å². The van der Waals surface area contributed by atoms with Gasteiger partial charge >= 0.3 is 12.0 Å². The summed E-state index contributed by atoms with van der Waals surface area (Å²) in [6.45, 7) is 0.503. The van der Waals surface area contributed by atoms with Gasteiger partial charge in [-0.25, -0.2) is 32.3 Å². The highest BCUT2D eigenvalue weighted by molar-refractivity contribution is 5.92. The first kappa shape index (κ1) is 28.8. The van der Waals surface area contributed by atoms with Crippen molar-refractivity contribution in [3.63, 3.8) is 0 Å². The first-order valence-electron chi connectivity index (χ1n) is 13.4. The number of hydrogen-bond donors (Lipinski definition) is 1. The van der Waals surface area contributed by atoms with Gasteiger partial charge in [0.05, 0.1) is 40.5 Å². The largest absolute Gasteiger partial charge is 0.478 e. The number of benzene rings is 3. The Hall–Kier alpha value is -5.35. The number of hydrogen-bond acceptors (Lipinski definition) is 7. The summed E-state index contributed by atoms with van der Waals surface area (Å²) in [4.78, 5) is 24.1. The fraction of sp³-hybridized carbons (Fsp3) is 0.194. The van der Waals surface area contributed by atoms with Crippen molar-refractivity contribution in [1.29, 1.82) is 5.26 Å². The molecular weight excluding hydrogens is 582 g/mol. The van der Waals surface area contributed by atoms with E-state index in [1.165, 1.54) is 24.4 Å². The number of carbonyl (C=O) groups is 1. The van der Waals surface area contributed by atoms with Crippen molar-refractivity contribution in [2.75, 3.05) is 6.61 Å². The summed E-state index contributed by atoms with van der Waals surface area (Å²) in [7, 11) is 0. The Balaban J connectivity index is 1.26. The average molecular weight is 604 g/mol. The van der Waals surface area contributed by atoms with Crippen molar-refractivity contribution in [2.24, 2.45) is 0 Å². The van der Waals surface area contributed by atoms with Crippen LogP contribution in [0.1, 0.15) is 39.3 Å². The Kier molecular flexibility index (Phi) is 7.67. The van der Waals surface area contributed by atoms with Crippen LogP contribution >= 0.6 is 0 Å². The molecule has 13 heteroatoms. The van der Waals surface area contributed by atoms with E-state index in [-0.39, 0.29) is 46.5 Å². The standard InChI is InChI=1S/C31H21F4N5O4/c32-22-9-19(23(33)8-18(22)13-36)15-44-31-37-5-3-26(39-31)21-12-24(34)17(7-25(21)35)11-29-38-27-2-1-16(30(41)42)10-28(27)40(29)14-20-4-6-43-20/h1-3,5,7-10,12,20H,4,6,11,14-15H2,(H,41,42)/t20-/m0/s1. The third-order valence-corrected chi connectivity index (χ3v) is 7.26. The van der Waals surface area contributed by atoms with Gasteiger partial charge in [-0.2, -0.15) is 10.2 Å². The van der Waals surface area contributed by atoms with Gasteiger partial charge in [-0.15, -0.1) is 0 Å². The summed E-state index contributed by atoms with van der Waals surface area (Å²) in [5.74, 6) is -3.99. The van der Waals surface area contributed by atoms with Gasteiger partial charge in [-0.3, -0.25) is 0 Å². The topological polar surface area (TPSA) is 123 Å². The first-order chi connectivity index (χ1) is 21.2. The number of rotatable bonds is 9. The lowest BCUT2D eigenvalue weighted by molar-refractivity contribution is -0.0589. The third-order valence-electron chi connectivity index (χ3n) is 7.26. The zero-order valence-corrected chi connectivity index (χ0v) is 22.7. The van der Waals surface area contributed by atoms with Gasteiger partial charge < -0.3 is 19.1 Å². The number of imidazole rings is 1. The van der Waals surface area contributed by atoms with E-state index in [0.717, 1.165) is 30.7 Å². The molecule has 0 radical (unpaired) electrons. The molecule has 0 spiro atoms. The Labute approximate surface area is 247 Å². The molecule has 3 aromatic carbocycles. The lowest BCUT2D eigenvalue weighted by Gasteiger charge is -2.27. The number of aromatic carboxylic acids is 1.